The van der Waals surface area contributed by atoms with Crippen molar-refractivity contribution in [3.05, 3.63) is 34.6 Å². The maximum absolute atomic E-state index is 13.8. The van der Waals surface area contributed by atoms with Crippen molar-refractivity contribution < 1.29 is 4.39 Å². The zero-order valence-corrected chi connectivity index (χ0v) is 11.0. The minimum atomic E-state index is -0.252. The monoisotopic (exact) mass is 255 g/mol. The Kier molecular flexibility index (Phi) is 4.41. The van der Waals surface area contributed by atoms with E-state index in [1.807, 2.05) is 12.1 Å². The van der Waals surface area contributed by atoms with Crippen LogP contribution in [0.15, 0.2) is 18.2 Å². The molecule has 0 radical (unpaired) electrons. The van der Waals surface area contributed by atoms with Gasteiger partial charge in [0.25, 0.3) is 0 Å². The van der Waals surface area contributed by atoms with Crippen molar-refractivity contribution in [1.29, 1.82) is 0 Å². The molecule has 1 nitrogen and oxygen atoms in total. The van der Waals surface area contributed by atoms with Crippen LogP contribution in [0.2, 0.25) is 5.02 Å². The van der Waals surface area contributed by atoms with E-state index >= 15 is 0 Å². The molecule has 1 atom stereocenters. The fraction of sp³-hybridized carbons (Fsp3) is 0.571. The van der Waals surface area contributed by atoms with Gasteiger partial charge in [-0.15, -0.1) is 0 Å². The number of hydrogen-bond acceptors (Lipinski definition) is 1. The molecule has 0 aliphatic carbocycles. The fourth-order valence-electron chi connectivity index (χ4n) is 2.51. The van der Waals surface area contributed by atoms with E-state index < -0.39 is 0 Å². The molecule has 2 rings (SSSR count). The summed E-state index contributed by atoms with van der Waals surface area (Å²) in [6.45, 7) is 4.46. The average molecular weight is 256 g/mol. The van der Waals surface area contributed by atoms with Gasteiger partial charge in [-0.1, -0.05) is 30.2 Å². The Labute approximate surface area is 108 Å². The van der Waals surface area contributed by atoms with Gasteiger partial charge in [0.05, 0.1) is 5.02 Å². The summed E-state index contributed by atoms with van der Waals surface area (Å²) in [7, 11) is 0. The van der Waals surface area contributed by atoms with Gasteiger partial charge in [0, 0.05) is 6.04 Å². The van der Waals surface area contributed by atoms with Crippen LogP contribution in [-0.4, -0.2) is 24.0 Å². The number of piperidine rings is 1. The lowest BCUT2D eigenvalue weighted by molar-refractivity contribution is 0.172. The first-order chi connectivity index (χ1) is 8.18. The molecule has 0 amide bonds. The SMILES string of the molecule is CC(Cc1cccc(Cl)c1F)N1CCCCC1. The van der Waals surface area contributed by atoms with E-state index in [9.17, 15) is 4.39 Å². The molecule has 1 unspecified atom stereocenters. The molecule has 0 spiro atoms. The molecular weight excluding hydrogens is 237 g/mol. The summed E-state index contributed by atoms with van der Waals surface area (Å²) >= 11 is 5.79. The summed E-state index contributed by atoms with van der Waals surface area (Å²) in [6, 6.07) is 5.65. The Morgan fingerprint density at radius 1 is 1.29 bits per heavy atom. The summed E-state index contributed by atoms with van der Waals surface area (Å²) in [6.07, 6.45) is 4.60. The highest BCUT2D eigenvalue weighted by molar-refractivity contribution is 6.30. The topological polar surface area (TPSA) is 3.24 Å². The molecule has 3 heteroatoms. The zero-order valence-electron chi connectivity index (χ0n) is 10.3. The van der Waals surface area contributed by atoms with E-state index in [0.29, 0.717) is 6.04 Å². The van der Waals surface area contributed by atoms with Crippen molar-refractivity contribution in [2.24, 2.45) is 0 Å². The third-order valence-electron chi connectivity index (χ3n) is 3.56. The second-order valence-corrected chi connectivity index (χ2v) is 5.27. The highest BCUT2D eigenvalue weighted by Crippen LogP contribution is 2.21. The molecule has 1 heterocycles. The normalized spacial score (nSPS) is 19.2. The smallest absolute Gasteiger partial charge is 0.145 e. The second-order valence-electron chi connectivity index (χ2n) is 4.86. The first-order valence-corrected chi connectivity index (χ1v) is 6.73. The van der Waals surface area contributed by atoms with Crippen LogP contribution >= 0.6 is 11.6 Å². The van der Waals surface area contributed by atoms with Crippen LogP contribution in [0.25, 0.3) is 0 Å². The number of rotatable bonds is 3. The van der Waals surface area contributed by atoms with E-state index in [1.165, 1.54) is 19.3 Å². The molecule has 94 valence electrons. The van der Waals surface area contributed by atoms with Gasteiger partial charge < -0.3 is 4.90 Å². The van der Waals surface area contributed by atoms with E-state index in [4.69, 9.17) is 11.6 Å². The molecule has 0 saturated carbocycles. The minimum absolute atomic E-state index is 0.230. The Hall–Kier alpha value is -0.600. The molecular formula is C14H19ClFN. The van der Waals surface area contributed by atoms with Gasteiger partial charge in [0.1, 0.15) is 5.82 Å². The molecule has 17 heavy (non-hydrogen) atoms. The van der Waals surface area contributed by atoms with Crippen molar-refractivity contribution >= 4 is 11.6 Å². The van der Waals surface area contributed by atoms with E-state index in [-0.39, 0.29) is 10.8 Å². The largest absolute Gasteiger partial charge is 0.300 e. The Bertz CT molecular complexity index is 374. The third-order valence-corrected chi connectivity index (χ3v) is 3.85. The maximum atomic E-state index is 13.8. The van der Waals surface area contributed by atoms with E-state index in [1.54, 1.807) is 6.07 Å². The maximum Gasteiger partial charge on any atom is 0.145 e. The van der Waals surface area contributed by atoms with Crippen molar-refractivity contribution in [2.75, 3.05) is 13.1 Å². The van der Waals surface area contributed by atoms with Gasteiger partial charge in [-0.25, -0.2) is 4.39 Å². The summed E-state index contributed by atoms with van der Waals surface area (Å²) in [5, 5.41) is 0.230. The van der Waals surface area contributed by atoms with Crippen LogP contribution in [0.1, 0.15) is 31.7 Å². The lowest BCUT2D eigenvalue weighted by Crippen LogP contribution is -2.38. The quantitative estimate of drug-likeness (QED) is 0.792. The van der Waals surface area contributed by atoms with Gasteiger partial charge in [-0.2, -0.15) is 0 Å². The van der Waals surface area contributed by atoms with Crippen LogP contribution in [-0.2, 0) is 6.42 Å². The van der Waals surface area contributed by atoms with E-state index in [0.717, 1.165) is 25.1 Å². The van der Waals surface area contributed by atoms with Gasteiger partial charge >= 0.3 is 0 Å². The average Bonchev–Trinajstić information content (AvgIpc) is 2.36. The molecule has 1 aliphatic rings. The van der Waals surface area contributed by atoms with Crippen LogP contribution in [0.4, 0.5) is 4.39 Å². The highest BCUT2D eigenvalue weighted by atomic mass is 35.5. The summed E-state index contributed by atoms with van der Waals surface area (Å²) in [5.41, 5.74) is 0.732. The van der Waals surface area contributed by atoms with Gasteiger partial charge in [0.15, 0.2) is 0 Å². The predicted octanol–water partition coefficient (Wildman–Crippen LogP) is 3.90. The molecule has 0 aromatic heterocycles. The highest BCUT2D eigenvalue weighted by Gasteiger charge is 2.18. The number of likely N-dealkylation sites (tertiary alicyclic amines) is 1. The third kappa shape index (κ3) is 3.20. The number of nitrogens with zero attached hydrogens (tertiary/aromatic N) is 1. The summed E-state index contributed by atoms with van der Waals surface area (Å²) < 4.78 is 13.8. The van der Waals surface area contributed by atoms with Crippen molar-refractivity contribution in [3.8, 4) is 0 Å². The van der Waals surface area contributed by atoms with Gasteiger partial charge in [0.2, 0.25) is 0 Å². The number of hydrogen-bond donors (Lipinski definition) is 0. The first kappa shape index (κ1) is 12.8. The van der Waals surface area contributed by atoms with Crippen LogP contribution in [0.3, 0.4) is 0 Å². The van der Waals surface area contributed by atoms with Gasteiger partial charge in [-0.3, -0.25) is 0 Å². The summed E-state index contributed by atoms with van der Waals surface area (Å²) in [4.78, 5) is 2.45. The van der Waals surface area contributed by atoms with Crippen molar-refractivity contribution in [1.82, 2.24) is 4.90 Å². The fourth-order valence-corrected chi connectivity index (χ4v) is 2.71. The molecule has 0 N–H and O–H groups in total. The Morgan fingerprint density at radius 3 is 2.71 bits per heavy atom. The zero-order chi connectivity index (χ0) is 12.3. The van der Waals surface area contributed by atoms with Gasteiger partial charge in [-0.05, 0) is 50.9 Å². The molecule has 1 aromatic rings. The standard InChI is InChI=1S/C14H19ClFN/c1-11(17-8-3-2-4-9-17)10-12-6-5-7-13(15)14(12)16/h5-7,11H,2-4,8-10H2,1H3. The van der Waals surface area contributed by atoms with Crippen molar-refractivity contribution in [3.63, 3.8) is 0 Å². The first-order valence-electron chi connectivity index (χ1n) is 6.35. The predicted molar refractivity (Wildman–Crippen MR) is 70.0 cm³/mol. The number of benzene rings is 1. The minimum Gasteiger partial charge on any atom is -0.300 e. The van der Waals surface area contributed by atoms with E-state index in [2.05, 4.69) is 11.8 Å². The van der Waals surface area contributed by atoms with Crippen LogP contribution < -0.4 is 0 Å². The summed E-state index contributed by atoms with van der Waals surface area (Å²) in [5.74, 6) is -0.252. The molecule has 0 bridgehead atoms. The number of halogens is 2. The lowest BCUT2D eigenvalue weighted by atomic mass is 10.0. The second kappa shape index (κ2) is 5.83. The Balaban J connectivity index is 2.01. The van der Waals surface area contributed by atoms with Crippen LogP contribution in [0, 0.1) is 5.82 Å². The Morgan fingerprint density at radius 2 is 2.00 bits per heavy atom. The molecule has 1 aliphatic heterocycles. The van der Waals surface area contributed by atoms with Crippen molar-refractivity contribution in [2.45, 2.75) is 38.6 Å². The van der Waals surface area contributed by atoms with Crippen LogP contribution in [0.5, 0.6) is 0 Å². The lowest BCUT2D eigenvalue weighted by Gasteiger charge is -2.32. The molecule has 1 fully saturated rings. The molecule has 1 saturated heterocycles. The molecule has 1 aromatic carbocycles.